The second-order valence-electron chi connectivity index (χ2n) is 6.01. The van der Waals surface area contributed by atoms with Crippen molar-refractivity contribution >= 4 is 11.8 Å². The van der Waals surface area contributed by atoms with Crippen molar-refractivity contribution in [3.63, 3.8) is 0 Å². The molecule has 0 aliphatic heterocycles. The molecule has 0 fully saturated rings. The van der Waals surface area contributed by atoms with Crippen LogP contribution in [0.2, 0.25) is 0 Å². The molecule has 2 aromatic rings. The molecule has 0 atom stereocenters. The summed E-state index contributed by atoms with van der Waals surface area (Å²) in [7, 11) is 1.24. The quantitative estimate of drug-likeness (QED) is 0.634. The largest absolute Gasteiger partial charge is 0.493 e. The number of carbonyl (C=O) groups is 2. The van der Waals surface area contributed by atoms with Crippen LogP contribution in [0.3, 0.4) is 0 Å². The van der Waals surface area contributed by atoms with Gasteiger partial charge in [-0.15, -0.1) is 6.42 Å². The normalized spacial score (nSPS) is 10.3. The van der Waals surface area contributed by atoms with E-state index < -0.39 is 24.2 Å². The highest BCUT2D eigenvalue weighted by atomic mass is 19.3. The van der Waals surface area contributed by atoms with E-state index in [1.165, 1.54) is 54.5 Å². The number of hydrogen-bond donors (Lipinski definition) is 1. The number of alkyl halides is 2. The Morgan fingerprint density at radius 3 is 2.47 bits per heavy atom. The van der Waals surface area contributed by atoms with Crippen LogP contribution in [0, 0.1) is 18.2 Å². The third kappa shape index (κ3) is 6.44. The van der Waals surface area contributed by atoms with Gasteiger partial charge in [0.15, 0.2) is 11.5 Å². The number of hydrogen-bond acceptors (Lipinski definition) is 4. The fraction of sp³-hybridized carbons (Fsp3) is 0.238. The van der Waals surface area contributed by atoms with E-state index in [1.807, 2.05) is 0 Å². The Hall–Kier alpha value is -3.67. The summed E-state index contributed by atoms with van der Waals surface area (Å²) in [4.78, 5) is 26.1. The summed E-state index contributed by atoms with van der Waals surface area (Å²) < 4.78 is 47.0. The van der Waals surface area contributed by atoms with Gasteiger partial charge in [-0.1, -0.05) is 18.1 Å². The Morgan fingerprint density at radius 2 is 1.87 bits per heavy atom. The van der Waals surface area contributed by atoms with Gasteiger partial charge in [0.25, 0.3) is 5.91 Å². The van der Waals surface area contributed by atoms with Crippen LogP contribution in [0.4, 0.5) is 13.2 Å². The molecule has 0 aliphatic carbocycles. The molecule has 2 rings (SSSR count). The molecular weight excluding hydrogens is 401 g/mol. The number of ether oxygens (including phenoxy) is 2. The smallest absolute Gasteiger partial charge is 0.387 e. The zero-order valence-corrected chi connectivity index (χ0v) is 16.0. The lowest BCUT2D eigenvalue weighted by molar-refractivity contribution is -0.130. The first-order valence-corrected chi connectivity index (χ1v) is 8.70. The molecule has 158 valence electrons. The van der Waals surface area contributed by atoms with Gasteiger partial charge in [-0.2, -0.15) is 8.78 Å². The van der Waals surface area contributed by atoms with Crippen LogP contribution in [0.1, 0.15) is 15.9 Å². The van der Waals surface area contributed by atoms with E-state index in [2.05, 4.69) is 16.0 Å². The van der Waals surface area contributed by atoms with Gasteiger partial charge in [0.1, 0.15) is 5.82 Å². The van der Waals surface area contributed by atoms with E-state index in [-0.39, 0.29) is 36.7 Å². The molecule has 0 heterocycles. The van der Waals surface area contributed by atoms with E-state index in [0.29, 0.717) is 5.56 Å². The summed E-state index contributed by atoms with van der Waals surface area (Å²) in [5.74, 6) is 0.616. The molecule has 0 aliphatic rings. The molecule has 9 heteroatoms. The summed E-state index contributed by atoms with van der Waals surface area (Å²) in [5, 5.41) is 2.44. The molecule has 0 saturated heterocycles. The van der Waals surface area contributed by atoms with Gasteiger partial charge in [0.05, 0.1) is 20.2 Å². The summed E-state index contributed by atoms with van der Waals surface area (Å²) >= 11 is 0. The fourth-order valence-corrected chi connectivity index (χ4v) is 2.52. The number of rotatable bonds is 9. The minimum atomic E-state index is -3.04. The van der Waals surface area contributed by atoms with Crippen molar-refractivity contribution in [1.29, 1.82) is 0 Å². The second-order valence-corrected chi connectivity index (χ2v) is 6.01. The van der Waals surface area contributed by atoms with Crippen molar-refractivity contribution in [2.24, 2.45) is 0 Å². The molecule has 0 bridgehead atoms. The van der Waals surface area contributed by atoms with Crippen LogP contribution >= 0.6 is 0 Å². The van der Waals surface area contributed by atoms with Gasteiger partial charge in [-0.05, 0) is 35.9 Å². The zero-order chi connectivity index (χ0) is 22.1. The number of benzene rings is 2. The average Bonchev–Trinajstić information content (AvgIpc) is 2.72. The predicted molar refractivity (Wildman–Crippen MR) is 103 cm³/mol. The SMILES string of the molecule is C#CCN(Cc1ccc(F)cc1)C(=O)CNC(=O)c1ccc(OC(F)F)c(OC)c1. The maximum atomic E-state index is 13.0. The van der Waals surface area contributed by atoms with Crippen LogP contribution < -0.4 is 14.8 Å². The minimum Gasteiger partial charge on any atom is -0.493 e. The number of nitrogens with zero attached hydrogens (tertiary/aromatic N) is 1. The van der Waals surface area contributed by atoms with Gasteiger partial charge in [-0.3, -0.25) is 9.59 Å². The van der Waals surface area contributed by atoms with Gasteiger partial charge in [0.2, 0.25) is 5.91 Å². The van der Waals surface area contributed by atoms with Crippen LogP contribution in [0.15, 0.2) is 42.5 Å². The first-order valence-electron chi connectivity index (χ1n) is 8.70. The number of carbonyl (C=O) groups excluding carboxylic acids is 2. The number of amides is 2. The standard InChI is InChI=1S/C21H19F3N2O4/c1-3-10-26(13-14-4-7-16(22)8-5-14)19(27)12-25-20(28)15-6-9-17(30-21(23)24)18(11-15)29-2/h1,4-9,11,21H,10,12-13H2,2H3,(H,25,28). The predicted octanol–water partition coefficient (Wildman–Crippen LogP) is 2.83. The van der Waals surface area contributed by atoms with E-state index in [0.717, 1.165) is 0 Å². The van der Waals surface area contributed by atoms with Crippen LogP contribution in [0.5, 0.6) is 11.5 Å². The van der Waals surface area contributed by atoms with Gasteiger partial charge in [-0.25, -0.2) is 4.39 Å². The first kappa shape index (κ1) is 22.6. The molecule has 0 saturated carbocycles. The van der Waals surface area contributed by atoms with Gasteiger partial charge < -0.3 is 19.7 Å². The monoisotopic (exact) mass is 420 g/mol. The summed E-state index contributed by atoms with van der Waals surface area (Å²) in [6.45, 7) is -3.25. The molecule has 0 spiro atoms. The summed E-state index contributed by atoms with van der Waals surface area (Å²) in [5.41, 5.74) is 0.758. The Balaban J connectivity index is 2.01. The molecule has 30 heavy (non-hydrogen) atoms. The number of methoxy groups -OCH3 is 1. The molecule has 0 radical (unpaired) electrons. The molecule has 0 unspecified atom stereocenters. The Bertz CT molecular complexity index is 927. The number of terminal acetylenes is 1. The van der Waals surface area contributed by atoms with Crippen LogP contribution in [-0.2, 0) is 11.3 Å². The van der Waals surface area contributed by atoms with E-state index in [4.69, 9.17) is 11.2 Å². The highest BCUT2D eigenvalue weighted by molar-refractivity contribution is 5.97. The maximum Gasteiger partial charge on any atom is 0.387 e. The lowest BCUT2D eigenvalue weighted by atomic mass is 10.2. The third-order valence-electron chi connectivity index (χ3n) is 3.96. The van der Waals surface area contributed by atoms with E-state index in [1.54, 1.807) is 0 Å². The van der Waals surface area contributed by atoms with E-state index in [9.17, 15) is 22.8 Å². The van der Waals surface area contributed by atoms with E-state index >= 15 is 0 Å². The fourth-order valence-electron chi connectivity index (χ4n) is 2.52. The maximum absolute atomic E-state index is 13.0. The number of nitrogens with one attached hydrogen (secondary N) is 1. The average molecular weight is 420 g/mol. The third-order valence-corrected chi connectivity index (χ3v) is 3.96. The summed E-state index contributed by atoms with van der Waals surface area (Å²) in [6.07, 6.45) is 5.30. The molecule has 2 amide bonds. The Labute approximate surface area is 171 Å². The van der Waals surface area contributed by atoms with Gasteiger partial charge in [0, 0.05) is 12.1 Å². The molecular formula is C21H19F3N2O4. The molecule has 0 aromatic heterocycles. The van der Waals surface area contributed by atoms with Crippen molar-refractivity contribution in [3.8, 4) is 23.8 Å². The topological polar surface area (TPSA) is 67.9 Å². The van der Waals surface area contributed by atoms with Crippen molar-refractivity contribution in [2.75, 3.05) is 20.2 Å². The Morgan fingerprint density at radius 1 is 1.17 bits per heavy atom. The zero-order valence-electron chi connectivity index (χ0n) is 16.0. The lowest BCUT2D eigenvalue weighted by Gasteiger charge is -2.20. The van der Waals surface area contributed by atoms with Crippen LogP contribution in [0.25, 0.3) is 0 Å². The van der Waals surface area contributed by atoms with Crippen molar-refractivity contribution in [2.45, 2.75) is 13.2 Å². The first-order chi connectivity index (χ1) is 14.3. The summed E-state index contributed by atoms with van der Waals surface area (Å²) in [6, 6.07) is 9.24. The van der Waals surface area contributed by atoms with Crippen molar-refractivity contribution < 1.29 is 32.2 Å². The molecule has 6 nitrogen and oxygen atoms in total. The highest BCUT2D eigenvalue weighted by Gasteiger charge is 2.17. The van der Waals surface area contributed by atoms with Crippen molar-refractivity contribution in [3.05, 3.63) is 59.4 Å². The lowest BCUT2D eigenvalue weighted by Crippen LogP contribution is -2.40. The Kier molecular flexibility index (Phi) is 8.11. The molecule has 2 aromatic carbocycles. The highest BCUT2D eigenvalue weighted by Crippen LogP contribution is 2.29. The van der Waals surface area contributed by atoms with Gasteiger partial charge >= 0.3 is 6.61 Å². The second kappa shape index (κ2) is 10.8. The molecule has 1 N–H and O–H groups in total. The van der Waals surface area contributed by atoms with Crippen LogP contribution in [-0.4, -0.2) is 43.5 Å². The number of halogens is 3. The van der Waals surface area contributed by atoms with Crippen molar-refractivity contribution in [1.82, 2.24) is 10.2 Å². The minimum absolute atomic E-state index is 0.000429.